The van der Waals surface area contributed by atoms with Crippen LogP contribution in [0.15, 0.2) is 18.2 Å². The van der Waals surface area contributed by atoms with Crippen molar-refractivity contribution in [3.8, 4) is 0 Å². The summed E-state index contributed by atoms with van der Waals surface area (Å²) in [4.78, 5) is 10.9. The third-order valence-corrected chi connectivity index (χ3v) is 2.75. The van der Waals surface area contributed by atoms with Crippen LogP contribution in [0.4, 0.5) is 4.39 Å². The number of benzene rings is 1. The van der Waals surface area contributed by atoms with Gasteiger partial charge in [0.05, 0.1) is 0 Å². The van der Waals surface area contributed by atoms with Crippen molar-refractivity contribution >= 4 is 5.97 Å². The minimum Gasteiger partial charge on any atom is -0.480 e. The second-order valence-electron chi connectivity index (χ2n) is 3.54. The van der Waals surface area contributed by atoms with Crippen LogP contribution >= 0.6 is 0 Å². The van der Waals surface area contributed by atoms with E-state index >= 15 is 0 Å². The molecule has 4 nitrogen and oxygen atoms in total. The first-order chi connectivity index (χ1) is 6.55. The molecule has 1 aromatic carbocycles. The van der Waals surface area contributed by atoms with Gasteiger partial charge in [0, 0.05) is 0 Å². The molecule has 5 N–H and O–H groups in total. The Hall–Kier alpha value is -1.46. The van der Waals surface area contributed by atoms with Crippen LogP contribution < -0.4 is 5.73 Å². The van der Waals surface area contributed by atoms with Crippen LogP contribution in [0.5, 0.6) is 0 Å². The molecule has 0 radical (unpaired) electrons. The maximum Gasteiger partial charge on any atom is 0.328 e. The Balaban J connectivity index is 0.00000112. The maximum atomic E-state index is 13.2. The number of nitrogens with two attached hydrogens (primary N) is 1. The normalized spacial score (nSPS) is 23.1. The molecule has 0 spiro atoms. The lowest BCUT2D eigenvalue weighted by Crippen LogP contribution is -2.42. The van der Waals surface area contributed by atoms with E-state index in [4.69, 9.17) is 10.8 Å². The number of fused-ring (bicyclic) bond motifs is 1. The summed E-state index contributed by atoms with van der Waals surface area (Å²) < 4.78 is 13.2. The average molecular weight is 213 g/mol. The van der Waals surface area contributed by atoms with Crippen LogP contribution in [-0.2, 0) is 16.8 Å². The number of carboxylic acid groups (broad SMARTS) is 1. The molecular formula is C10H12FNO3. The summed E-state index contributed by atoms with van der Waals surface area (Å²) in [6.07, 6.45) is 0.656. The molecule has 0 bridgehead atoms. The predicted molar refractivity (Wildman–Crippen MR) is 51.8 cm³/mol. The van der Waals surface area contributed by atoms with Gasteiger partial charge >= 0.3 is 5.97 Å². The molecule has 1 atom stereocenters. The van der Waals surface area contributed by atoms with Crippen molar-refractivity contribution in [1.29, 1.82) is 0 Å². The van der Waals surface area contributed by atoms with Gasteiger partial charge in [0.2, 0.25) is 0 Å². The van der Waals surface area contributed by atoms with E-state index in [1.165, 1.54) is 12.1 Å². The van der Waals surface area contributed by atoms with Crippen molar-refractivity contribution in [3.63, 3.8) is 0 Å². The molecule has 1 aliphatic carbocycles. The molecule has 15 heavy (non-hydrogen) atoms. The van der Waals surface area contributed by atoms with Crippen LogP contribution in [0.25, 0.3) is 0 Å². The fraction of sp³-hybridized carbons (Fsp3) is 0.300. The molecular weight excluding hydrogens is 201 g/mol. The average Bonchev–Trinajstić information content (AvgIpc) is 2.47. The van der Waals surface area contributed by atoms with Gasteiger partial charge in [-0.1, -0.05) is 12.1 Å². The zero-order valence-electron chi connectivity index (χ0n) is 7.96. The number of halogens is 1. The van der Waals surface area contributed by atoms with Gasteiger partial charge in [-0.05, 0) is 30.0 Å². The molecule has 2 rings (SSSR count). The fourth-order valence-electron chi connectivity index (χ4n) is 1.91. The Morgan fingerprint density at radius 2 is 2.20 bits per heavy atom. The van der Waals surface area contributed by atoms with Crippen LogP contribution in [-0.4, -0.2) is 16.6 Å². The highest BCUT2D eigenvalue weighted by Gasteiger charge is 2.42. The lowest BCUT2D eigenvalue weighted by atomic mass is 9.93. The van der Waals surface area contributed by atoms with Gasteiger partial charge in [0.15, 0.2) is 0 Å². The van der Waals surface area contributed by atoms with Crippen LogP contribution in [0, 0.1) is 5.82 Å². The Labute approximate surface area is 85.8 Å². The highest BCUT2D eigenvalue weighted by atomic mass is 19.1. The Morgan fingerprint density at radius 3 is 2.80 bits per heavy atom. The third kappa shape index (κ3) is 1.49. The van der Waals surface area contributed by atoms with E-state index in [9.17, 15) is 9.18 Å². The van der Waals surface area contributed by atoms with Crippen LogP contribution in [0.2, 0.25) is 0 Å². The van der Waals surface area contributed by atoms with Gasteiger partial charge in [-0.2, -0.15) is 0 Å². The molecule has 0 fully saturated rings. The number of carboxylic acids is 1. The second kappa shape index (κ2) is 3.60. The summed E-state index contributed by atoms with van der Waals surface area (Å²) in [5.41, 5.74) is 5.16. The summed E-state index contributed by atoms with van der Waals surface area (Å²) >= 11 is 0. The Bertz CT molecular complexity index is 408. The first-order valence-corrected chi connectivity index (χ1v) is 4.36. The zero-order chi connectivity index (χ0) is 10.3. The third-order valence-electron chi connectivity index (χ3n) is 2.75. The standard InChI is InChI=1S/C10H10FNO2.H2O/c11-8-3-1-2-7-6(8)4-5-10(7,12)9(13)14;/h1-3H,4-5,12H2,(H,13,14);1H2. The van der Waals surface area contributed by atoms with Crippen molar-refractivity contribution in [1.82, 2.24) is 0 Å². The molecule has 0 aliphatic heterocycles. The minimum atomic E-state index is -1.41. The molecule has 0 saturated carbocycles. The summed E-state index contributed by atoms with van der Waals surface area (Å²) in [6, 6.07) is 4.40. The molecule has 1 unspecified atom stereocenters. The lowest BCUT2D eigenvalue weighted by Gasteiger charge is -2.19. The van der Waals surface area contributed by atoms with E-state index in [-0.39, 0.29) is 17.7 Å². The topological polar surface area (TPSA) is 94.8 Å². The van der Waals surface area contributed by atoms with E-state index < -0.39 is 11.5 Å². The SMILES string of the molecule is NC1(C(=O)O)CCc2c(F)cccc21.O. The summed E-state index contributed by atoms with van der Waals surface area (Å²) in [7, 11) is 0. The van der Waals surface area contributed by atoms with Crippen LogP contribution in [0.1, 0.15) is 17.5 Å². The monoisotopic (exact) mass is 213 g/mol. The highest BCUT2D eigenvalue weighted by Crippen LogP contribution is 2.36. The molecule has 5 heteroatoms. The summed E-state index contributed by atoms with van der Waals surface area (Å²) in [5, 5.41) is 8.96. The van der Waals surface area contributed by atoms with Crippen molar-refractivity contribution in [2.75, 3.05) is 0 Å². The summed E-state index contributed by atoms with van der Waals surface area (Å²) in [6.45, 7) is 0. The van der Waals surface area contributed by atoms with Gasteiger partial charge in [-0.25, -0.2) is 9.18 Å². The molecule has 0 amide bonds. The molecule has 0 saturated heterocycles. The molecule has 82 valence electrons. The zero-order valence-corrected chi connectivity index (χ0v) is 7.96. The lowest BCUT2D eigenvalue weighted by molar-refractivity contribution is -0.143. The van der Waals surface area contributed by atoms with Gasteiger partial charge < -0.3 is 16.3 Å². The fourth-order valence-corrected chi connectivity index (χ4v) is 1.91. The smallest absolute Gasteiger partial charge is 0.328 e. The number of hydrogen-bond donors (Lipinski definition) is 2. The van der Waals surface area contributed by atoms with Gasteiger partial charge in [-0.15, -0.1) is 0 Å². The highest BCUT2D eigenvalue weighted by molar-refractivity contribution is 5.82. The quantitative estimate of drug-likeness (QED) is 0.696. The molecule has 0 aromatic heterocycles. The maximum absolute atomic E-state index is 13.2. The molecule has 1 aromatic rings. The van der Waals surface area contributed by atoms with Crippen molar-refractivity contribution < 1.29 is 19.8 Å². The van der Waals surface area contributed by atoms with E-state index in [2.05, 4.69) is 0 Å². The number of carbonyl (C=O) groups is 1. The number of rotatable bonds is 1. The van der Waals surface area contributed by atoms with E-state index in [0.29, 0.717) is 17.5 Å². The largest absolute Gasteiger partial charge is 0.480 e. The number of aliphatic carboxylic acids is 1. The molecule has 1 aliphatic rings. The van der Waals surface area contributed by atoms with E-state index in [0.717, 1.165) is 0 Å². The van der Waals surface area contributed by atoms with Gasteiger partial charge in [-0.3, -0.25) is 0 Å². The predicted octanol–water partition coefficient (Wildman–Crippen LogP) is 0.186. The first-order valence-electron chi connectivity index (χ1n) is 4.36. The van der Waals surface area contributed by atoms with Crippen molar-refractivity contribution in [3.05, 3.63) is 35.1 Å². The van der Waals surface area contributed by atoms with Gasteiger partial charge in [0.1, 0.15) is 11.4 Å². The van der Waals surface area contributed by atoms with E-state index in [1.807, 2.05) is 0 Å². The molecule has 0 heterocycles. The number of hydrogen-bond acceptors (Lipinski definition) is 2. The Morgan fingerprint density at radius 1 is 1.53 bits per heavy atom. The summed E-state index contributed by atoms with van der Waals surface area (Å²) in [5.74, 6) is -1.46. The minimum absolute atomic E-state index is 0. The van der Waals surface area contributed by atoms with Gasteiger partial charge in [0.25, 0.3) is 0 Å². The van der Waals surface area contributed by atoms with Crippen molar-refractivity contribution in [2.45, 2.75) is 18.4 Å². The second-order valence-corrected chi connectivity index (χ2v) is 3.54. The van der Waals surface area contributed by atoms with Crippen LogP contribution in [0.3, 0.4) is 0 Å². The van der Waals surface area contributed by atoms with Crippen molar-refractivity contribution in [2.24, 2.45) is 5.73 Å². The Kier molecular flexibility index (Phi) is 2.79. The van der Waals surface area contributed by atoms with E-state index in [1.54, 1.807) is 6.07 Å². The first kappa shape index (κ1) is 11.6.